The molecular formula is C22H14Cl2N4O3S. The maximum Gasteiger partial charge on any atom is 0.270 e. The third-order valence-corrected chi connectivity index (χ3v) is 6.05. The molecule has 0 amide bonds. The minimum absolute atomic E-state index is 0.0232. The monoisotopic (exact) mass is 484 g/mol. The molecule has 7 nitrogen and oxygen atoms in total. The number of hydrogen-bond donors (Lipinski definition) is 0. The lowest BCUT2D eigenvalue weighted by Crippen LogP contribution is -2.05. The fourth-order valence-corrected chi connectivity index (χ4v) is 4.20. The van der Waals surface area contributed by atoms with Gasteiger partial charge in [0.1, 0.15) is 0 Å². The molecule has 0 unspecified atom stereocenters. The van der Waals surface area contributed by atoms with Crippen molar-refractivity contribution < 1.29 is 9.72 Å². The predicted octanol–water partition coefficient (Wildman–Crippen LogP) is 6.12. The summed E-state index contributed by atoms with van der Waals surface area (Å²) in [6, 6.07) is 20.0. The third kappa shape index (κ3) is 4.67. The standard InChI is InChI=1S/C22H14Cl2N4O3S/c23-15-8-10-16(11-9-15)27-21(18-6-1-2-7-19(18)24)25-26-22(27)32-13-20(29)14-4-3-5-17(12-14)28(30)31/h1-12H,13H2. The van der Waals surface area contributed by atoms with E-state index < -0.39 is 4.92 Å². The Morgan fingerprint density at radius 2 is 1.75 bits per heavy atom. The van der Waals surface area contributed by atoms with Crippen molar-refractivity contribution in [2.45, 2.75) is 5.16 Å². The Morgan fingerprint density at radius 3 is 2.47 bits per heavy atom. The van der Waals surface area contributed by atoms with E-state index in [2.05, 4.69) is 10.2 Å². The number of carbonyl (C=O) groups is 1. The Balaban J connectivity index is 1.68. The van der Waals surface area contributed by atoms with Gasteiger partial charge in [-0.2, -0.15) is 0 Å². The molecule has 0 fully saturated rings. The number of thioether (sulfide) groups is 1. The van der Waals surface area contributed by atoms with E-state index in [-0.39, 0.29) is 22.8 Å². The van der Waals surface area contributed by atoms with Crippen LogP contribution in [0.2, 0.25) is 10.0 Å². The number of aromatic nitrogens is 3. The van der Waals surface area contributed by atoms with Crippen molar-refractivity contribution in [3.05, 3.63) is 98.5 Å². The average molecular weight is 485 g/mol. The molecule has 0 radical (unpaired) electrons. The summed E-state index contributed by atoms with van der Waals surface area (Å²) in [5.74, 6) is 0.280. The van der Waals surface area contributed by atoms with E-state index in [1.165, 1.54) is 30.0 Å². The highest BCUT2D eigenvalue weighted by molar-refractivity contribution is 7.99. The van der Waals surface area contributed by atoms with Crippen LogP contribution in [0.25, 0.3) is 17.1 Å². The Hall–Kier alpha value is -3.20. The first-order valence-corrected chi connectivity index (χ1v) is 11.0. The van der Waals surface area contributed by atoms with Crippen LogP contribution in [0.1, 0.15) is 10.4 Å². The summed E-state index contributed by atoms with van der Waals surface area (Å²) in [4.78, 5) is 23.1. The second-order valence-electron chi connectivity index (χ2n) is 6.62. The number of rotatable bonds is 7. The van der Waals surface area contributed by atoms with Gasteiger partial charge in [0, 0.05) is 34.0 Å². The van der Waals surface area contributed by atoms with Crippen LogP contribution in [0.15, 0.2) is 78.0 Å². The zero-order chi connectivity index (χ0) is 22.7. The number of halogens is 2. The molecule has 3 aromatic carbocycles. The number of hydrogen-bond acceptors (Lipinski definition) is 6. The Labute approximate surface area is 197 Å². The molecule has 0 saturated carbocycles. The van der Waals surface area contributed by atoms with Crippen molar-refractivity contribution in [1.82, 2.24) is 14.8 Å². The molecule has 0 N–H and O–H groups in total. The van der Waals surface area contributed by atoms with Crippen molar-refractivity contribution in [3.63, 3.8) is 0 Å². The summed E-state index contributed by atoms with van der Waals surface area (Å²) in [6.45, 7) is 0. The zero-order valence-electron chi connectivity index (χ0n) is 16.3. The molecule has 0 aliphatic rings. The largest absolute Gasteiger partial charge is 0.293 e. The van der Waals surface area contributed by atoms with Crippen LogP contribution in [0.5, 0.6) is 0 Å². The molecule has 4 aromatic rings. The van der Waals surface area contributed by atoms with Gasteiger partial charge in [0.2, 0.25) is 0 Å². The number of nitro benzene ring substituents is 1. The molecule has 160 valence electrons. The highest BCUT2D eigenvalue weighted by Crippen LogP contribution is 2.32. The Bertz CT molecular complexity index is 1310. The highest BCUT2D eigenvalue weighted by atomic mass is 35.5. The van der Waals surface area contributed by atoms with Gasteiger partial charge in [-0.3, -0.25) is 19.5 Å². The van der Waals surface area contributed by atoms with Crippen LogP contribution < -0.4 is 0 Å². The minimum atomic E-state index is -0.531. The number of ketones is 1. The van der Waals surface area contributed by atoms with E-state index in [4.69, 9.17) is 23.2 Å². The molecule has 32 heavy (non-hydrogen) atoms. The molecule has 1 aromatic heterocycles. The fourth-order valence-electron chi connectivity index (χ4n) is 3.01. The van der Waals surface area contributed by atoms with Gasteiger partial charge >= 0.3 is 0 Å². The van der Waals surface area contributed by atoms with Crippen LogP contribution >= 0.6 is 35.0 Å². The molecule has 0 saturated heterocycles. The topological polar surface area (TPSA) is 90.9 Å². The zero-order valence-corrected chi connectivity index (χ0v) is 18.6. The first-order chi connectivity index (χ1) is 15.4. The van der Waals surface area contributed by atoms with Crippen molar-refractivity contribution >= 4 is 46.4 Å². The highest BCUT2D eigenvalue weighted by Gasteiger charge is 2.20. The normalized spacial score (nSPS) is 10.8. The van der Waals surface area contributed by atoms with Crippen LogP contribution in [0.3, 0.4) is 0 Å². The van der Waals surface area contributed by atoms with Crippen molar-refractivity contribution in [1.29, 1.82) is 0 Å². The van der Waals surface area contributed by atoms with Gasteiger partial charge in [0.15, 0.2) is 16.8 Å². The Morgan fingerprint density at radius 1 is 1.00 bits per heavy atom. The van der Waals surface area contributed by atoms with E-state index in [0.717, 1.165) is 5.69 Å². The van der Waals surface area contributed by atoms with Gasteiger partial charge in [-0.15, -0.1) is 10.2 Å². The number of non-ortho nitro benzene ring substituents is 1. The second-order valence-corrected chi connectivity index (χ2v) is 8.40. The van der Waals surface area contributed by atoms with E-state index >= 15 is 0 Å². The number of Topliss-reactive ketones (excluding diaryl/α,β-unsaturated/α-hetero) is 1. The molecule has 0 atom stereocenters. The van der Waals surface area contributed by atoms with Crippen molar-refractivity contribution in [2.24, 2.45) is 0 Å². The quantitative estimate of drug-likeness (QED) is 0.136. The number of nitrogens with zero attached hydrogens (tertiary/aromatic N) is 4. The smallest absolute Gasteiger partial charge is 0.270 e. The average Bonchev–Trinajstić information content (AvgIpc) is 3.22. The Kier molecular flexibility index (Phi) is 6.55. The minimum Gasteiger partial charge on any atom is -0.293 e. The third-order valence-electron chi connectivity index (χ3n) is 4.54. The maximum absolute atomic E-state index is 12.7. The molecule has 0 aliphatic carbocycles. The molecule has 4 rings (SSSR count). The number of benzene rings is 3. The summed E-state index contributed by atoms with van der Waals surface area (Å²) in [7, 11) is 0. The number of nitro groups is 1. The predicted molar refractivity (Wildman–Crippen MR) is 125 cm³/mol. The number of carbonyl (C=O) groups excluding carboxylic acids is 1. The van der Waals surface area contributed by atoms with E-state index in [1.807, 2.05) is 30.3 Å². The van der Waals surface area contributed by atoms with Gasteiger partial charge < -0.3 is 0 Å². The van der Waals surface area contributed by atoms with E-state index in [9.17, 15) is 14.9 Å². The molecule has 0 spiro atoms. The SMILES string of the molecule is O=C(CSc1nnc(-c2ccccc2Cl)n1-c1ccc(Cl)cc1)c1cccc([N+](=O)[O-])c1. The van der Waals surface area contributed by atoms with Gasteiger partial charge in [-0.1, -0.05) is 59.2 Å². The molecular weight excluding hydrogens is 471 g/mol. The van der Waals surface area contributed by atoms with Crippen molar-refractivity contribution in [3.8, 4) is 17.1 Å². The van der Waals surface area contributed by atoms with Crippen LogP contribution in [0.4, 0.5) is 5.69 Å². The second kappa shape index (κ2) is 9.52. The van der Waals surface area contributed by atoms with Gasteiger partial charge in [-0.25, -0.2) is 0 Å². The summed E-state index contributed by atoms with van der Waals surface area (Å²) in [6.07, 6.45) is 0. The molecule has 10 heteroatoms. The molecule has 1 heterocycles. The lowest BCUT2D eigenvalue weighted by molar-refractivity contribution is -0.384. The maximum atomic E-state index is 12.7. The van der Waals surface area contributed by atoms with Crippen LogP contribution in [-0.4, -0.2) is 31.2 Å². The first-order valence-electron chi connectivity index (χ1n) is 9.31. The van der Waals surface area contributed by atoms with E-state index in [1.54, 1.807) is 28.8 Å². The fraction of sp³-hybridized carbons (Fsp3) is 0.0455. The van der Waals surface area contributed by atoms with E-state index in [0.29, 0.717) is 26.6 Å². The first kappa shape index (κ1) is 22.0. The molecule has 0 bridgehead atoms. The van der Waals surface area contributed by atoms with Crippen LogP contribution in [0, 0.1) is 10.1 Å². The summed E-state index contributed by atoms with van der Waals surface area (Å²) >= 11 is 13.6. The lowest BCUT2D eigenvalue weighted by Gasteiger charge is -2.11. The van der Waals surface area contributed by atoms with Gasteiger partial charge in [0.25, 0.3) is 5.69 Å². The van der Waals surface area contributed by atoms with Crippen LogP contribution in [-0.2, 0) is 0 Å². The van der Waals surface area contributed by atoms with Gasteiger partial charge in [0.05, 0.1) is 15.7 Å². The molecule has 0 aliphatic heterocycles. The summed E-state index contributed by atoms with van der Waals surface area (Å²) in [5, 5.41) is 21.1. The summed E-state index contributed by atoms with van der Waals surface area (Å²) in [5.41, 5.74) is 1.56. The summed E-state index contributed by atoms with van der Waals surface area (Å²) < 4.78 is 1.79. The van der Waals surface area contributed by atoms with Crippen molar-refractivity contribution in [2.75, 3.05) is 5.75 Å². The lowest BCUT2D eigenvalue weighted by atomic mass is 10.1. The van der Waals surface area contributed by atoms with Gasteiger partial charge in [-0.05, 0) is 36.4 Å².